The van der Waals surface area contributed by atoms with Gasteiger partial charge in [0.05, 0.1) is 30.0 Å². The largest absolute Gasteiger partial charge is 0.340 e. The van der Waals surface area contributed by atoms with E-state index in [2.05, 4.69) is 49.6 Å². The second-order valence-corrected chi connectivity index (χ2v) is 6.82. The van der Waals surface area contributed by atoms with Gasteiger partial charge in [0.2, 0.25) is 0 Å². The van der Waals surface area contributed by atoms with Gasteiger partial charge >= 0.3 is 0 Å². The minimum Gasteiger partial charge on any atom is -0.340 e. The number of nitrogens with zero attached hydrogens (tertiary/aromatic N) is 5. The molecular formula is C21H16Cl2N6. The predicted molar refractivity (Wildman–Crippen MR) is 118 cm³/mol. The maximum atomic E-state index is 6.04. The predicted octanol–water partition coefficient (Wildman–Crippen LogP) is 5.24. The van der Waals surface area contributed by atoms with Gasteiger partial charge in [-0.3, -0.25) is 4.68 Å². The molecule has 144 valence electrons. The topological polar surface area (TPSA) is 68.5 Å². The van der Waals surface area contributed by atoms with E-state index in [9.17, 15) is 0 Å². The van der Waals surface area contributed by atoms with Crippen LogP contribution in [0.4, 0.5) is 11.5 Å². The fourth-order valence-corrected chi connectivity index (χ4v) is 3.37. The van der Waals surface area contributed by atoms with E-state index in [4.69, 9.17) is 11.6 Å². The molecular weight excluding hydrogens is 407 g/mol. The summed E-state index contributed by atoms with van der Waals surface area (Å²) in [6, 6.07) is 18.2. The quantitative estimate of drug-likeness (QED) is 0.401. The van der Waals surface area contributed by atoms with Crippen LogP contribution >= 0.6 is 24.0 Å². The Hall–Kier alpha value is -3.22. The van der Waals surface area contributed by atoms with Crippen LogP contribution in [-0.4, -0.2) is 24.7 Å². The van der Waals surface area contributed by atoms with Crippen LogP contribution in [0.25, 0.3) is 21.8 Å². The van der Waals surface area contributed by atoms with Crippen molar-refractivity contribution >= 4 is 57.3 Å². The molecule has 0 aliphatic rings. The van der Waals surface area contributed by atoms with E-state index >= 15 is 0 Å². The van der Waals surface area contributed by atoms with E-state index in [1.165, 1.54) is 11.9 Å². The van der Waals surface area contributed by atoms with Crippen molar-refractivity contribution in [3.05, 3.63) is 84.0 Å². The molecule has 0 aliphatic heterocycles. The molecule has 2 aromatic carbocycles. The number of fused-ring (bicyclic) bond motifs is 2. The Balaban J connectivity index is 0.00000205. The van der Waals surface area contributed by atoms with Gasteiger partial charge in [-0.25, -0.2) is 15.0 Å². The summed E-state index contributed by atoms with van der Waals surface area (Å²) in [4.78, 5) is 12.7. The number of aromatic nitrogens is 5. The Labute approximate surface area is 178 Å². The van der Waals surface area contributed by atoms with E-state index in [1.54, 1.807) is 12.3 Å². The zero-order valence-corrected chi connectivity index (χ0v) is 16.7. The maximum absolute atomic E-state index is 6.04. The number of benzene rings is 2. The van der Waals surface area contributed by atoms with Crippen LogP contribution < -0.4 is 5.32 Å². The molecule has 0 amide bonds. The van der Waals surface area contributed by atoms with Crippen molar-refractivity contribution in [3.63, 3.8) is 0 Å². The smallest absolute Gasteiger partial charge is 0.141 e. The van der Waals surface area contributed by atoms with Gasteiger partial charge in [-0.1, -0.05) is 41.9 Å². The number of hydrogen-bond donors (Lipinski definition) is 1. The summed E-state index contributed by atoms with van der Waals surface area (Å²) >= 11 is 6.04. The standard InChI is InChI=1S/C21H15ClN6.ClH/c22-20-9-17-18(11-23-20)24-13-25-21(17)27-16-6-7-19-15(8-16)10-26-28(19)12-14-4-2-1-3-5-14;/h1-11,13H,12H2,(H,24,25,27);1H. The molecule has 8 heteroatoms. The molecule has 0 spiro atoms. The summed E-state index contributed by atoms with van der Waals surface area (Å²) < 4.78 is 2.00. The van der Waals surface area contributed by atoms with Crippen molar-refractivity contribution in [2.24, 2.45) is 0 Å². The maximum Gasteiger partial charge on any atom is 0.141 e. The first-order chi connectivity index (χ1) is 13.8. The first kappa shape index (κ1) is 19.1. The lowest BCUT2D eigenvalue weighted by Gasteiger charge is -2.09. The van der Waals surface area contributed by atoms with E-state index in [0.29, 0.717) is 11.0 Å². The fourth-order valence-electron chi connectivity index (χ4n) is 3.22. The first-order valence-electron chi connectivity index (χ1n) is 8.79. The zero-order valence-electron chi connectivity index (χ0n) is 15.2. The van der Waals surface area contributed by atoms with Gasteiger partial charge in [0.25, 0.3) is 0 Å². The van der Waals surface area contributed by atoms with Gasteiger partial charge in [-0.2, -0.15) is 5.10 Å². The summed E-state index contributed by atoms with van der Waals surface area (Å²) in [5.41, 5.74) is 3.94. The summed E-state index contributed by atoms with van der Waals surface area (Å²) in [6.07, 6.45) is 5.03. The van der Waals surface area contributed by atoms with Gasteiger partial charge in [0, 0.05) is 16.5 Å². The molecule has 5 rings (SSSR count). The van der Waals surface area contributed by atoms with Crippen molar-refractivity contribution in [1.82, 2.24) is 24.7 Å². The molecule has 3 heterocycles. The molecule has 0 aliphatic carbocycles. The lowest BCUT2D eigenvalue weighted by molar-refractivity contribution is 0.712. The minimum atomic E-state index is 0. The minimum absolute atomic E-state index is 0. The Morgan fingerprint density at radius 2 is 1.79 bits per heavy atom. The number of pyridine rings is 1. The first-order valence-corrected chi connectivity index (χ1v) is 9.17. The number of halogens is 2. The van der Waals surface area contributed by atoms with Crippen LogP contribution in [0.3, 0.4) is 0 Å². The monoisotopic (exact) mass is 422 g/mol. The van der Waals surface area contributed by atoms with Crippen LogP contribution in [0.1, 0.15) is 5.56 Å². The second kappa shape index (κ2) is 8.03. The number of nitrogens with one attached hydrogen (secondary N) is 1. The van der Waals surface area contributed by atoms with E-state index in [0.717, 1.165) is 34.0 Å². The Morgan fingerprint density at radius 1 is 0.931 bits per heavy atom. The molecule has 0 radical (unpaired) electrons. The van der Waals surface area contributed by atoms with E-state index in [-0.39, 0.29) is 12.4 Å². The third-order valence-corrected chi connectivity index (χ3v) is 4.77. The average molecular weight is 423 g/mol. The van der Waals surface area contributed by atoms with Crippen molar-refractivity contribution in [2.45, 2.75) is 6.54 Å². The SMILES string of the molecule is Cl.Clc1cc2c(Nc3ccc4c(cnn4Cc4ccccc4)c3)ncnc2cn1. The van der Waals surface area contributed by atoms with Gasteiger partial charge in [0.1, 0.15) is 17.3 Å². The summed E-state index contributed by atoms with van der Waals surface area (Å²) in [5.74, 6) is 0.685. The van der Waals surface area contributed by atoms with Gasteiger partial charge in [-0.15, -0.1) is 12.4 Å². The lowest BCUT2D eigenvalue weighted by Crippen LogP contribution is -2.01. The highest BCUT2D eigenvalue weighted by Gasteiger charge is 2.08. The van der Waals surface area contributed by atoms with Crippen LogP contribution in [0, 0.1) is 0 Å². The molecule has 1 N–H and O–H groups in total. The summed E-state index contributed by atoms with van der Waals surface area (Å²) in [6.45, 7) is 0.735. The van der Waals surface area contributed by atoms with Crippen molar-refractivity contribution in [1.29, 1.82) is 0 Å². The normalized spacial score (nSPS) is 10.8. The molecule has 6 nitrogen and oxygen atoms in total. The Bertz CT molecular complexity index is 1290. The van der Waals surface area contributed by atoms with E-state index < -0.39 is 0 Å². The Morgan fingerprint density at radius 3 is 2.66 bits per heavy atom. The second-order valence-electron chi connectivity index (χ2n) is 6.43. The molecule has 0 unspecified atom stereocenters. The Kier molecular flexibility index (Phi) is 5.29. The van der Waals surface area contributed by atoms with Gasteiger partial charge in [-0.05, 0) is 29.8 Å². The third kappa shape index (κ3) is 3.85. The van der Waals surface area contributed by atoms with Crippen LogP contribution in [0.15, 0.2) is 73.3 Å². The molecule has 0 saturated heterocycles. The average Bonchev–Trinajstić information content (AvgIpc) is 3.11. The van der Waals surface area contributed by atoms with Crippen LogP contribution in [0.5, 0.6) is 0 Å². The third-order valence-electron chi connectivity index (χ3n) is 4.57. The highest BCUT2D eigenvalue weighted by molar-refractivity contribution is 6.30. The van der Waals surface area contributed by atoms with Crippen molar-refractivity contribution in [3.8, 4) is 0 Å². The zero-order chi connectivity index (χ0) is 18.9. The number of hydrogen-bond acceptors (Lipinski definition) is 5. The molecule has 0 fully saturated rings. The summed E-state index contributed by atoms with van der Waals surface area (Å²) in [5, 5.41) is 10.2. The van der Waals surface area contributed by atoms with Crippen molar-refractivity contribution in [2.75, 3.05) is 5.32 Å². The van der Waals surface area contributed by atoms with Gasteiger partial charge in [0.15, 0.2) is 0 Å². The highest BCUT2D eigenvalue weighted by Crippen LogP contribution is 2.26. The van der Waals surface area contributed by atoms with Crippen LogP contribution in [-0.2, 0) is 6.54 Å². The molecule has 0 bridgehead atoms. The van der Waals surface area contributed by atoms with Gasteiger partial charge < -0.3 is 5.32 Å². The number of anilines is 2. The van der Waals surface area contributed by atoms with Crippen molar-refractivity contribution < 1.29 is 0 Å². The molecule has 0 atom stereocenters. The molecule has 29 heavy (non-hydrogen) atoms. The fraction of sp³-hybridized carbons (Fsp3) is 0.0476. The lowest BCUT2D eigenvalue weighted by atomic mass is 10.2. The molecule has 0 saturated carbocycles. The highest BCUT2D eigenvalue weighted by atomic mass is 35.5. The molecule has 5 aromatic rings. The van der Waals surface area contributed by atoms with Crippen LogP contribution in [0.2, 0.25) is 5.15 Å². The summed E-state index contributed by atoms with van der Waals surface area (Å²) in [7, 11) is 0. The number of rotatable bonds is 4. The van der Waals surface area contributed by atoms with E-state index in [1.807, 2.05) is 35.1 Å². The molecule has 3 aromatic heterocycles.